The number of rotatable bonds is 4. The molecule has 1 aromatic heterocycles. The van der Waals surface area contributed by atoms with E-state index in [-0.39, 0.29) is 4.21 Å². The first-order valence-electron chi connectivity index (χ1n) is 4.02. The van der Waals surface area contributed by atoms with Crippen LogP contribution in [0.3, 0.4) is 0 Å². The predicted octanol–water partition coefficient (Wildman–Crippen LogP) is 2.74. The molecular weight excluding hydrogens is 331 g/mol. The summed E-state index contributed by atoms with van der Waals surface area (Å²) in [6.45, 7) is -0.651. The molecule has 0 aromatic carbocycles. The first-order chi connectivity index (χ1) is 7.21. The standard InChI is InChI=1S/C7H7BrF3NO2S2/c8-5-1-2-6(15-5)16(13,14)12-4-3-7(9,10)11/h1-2,12H,3-4H2. The van der Waals surface area contributed by atoms with Crippen molar-refractivity contribution in [1.82, 2.24) is 4.72 Å². The molecule has 0 aliphatic heterocycles. The van der Waals surface area contributed by atoms with Gasteiger partial charge < -0.3 is 0 Å². The Hall–Kier alpha value is -0.120. The average molecular weight is 338 g/mol. The van der Waals surface area contributed by atoms with Gasteiger partial charge in [0.2, 0.25) is 10.0 Å². The van der Waals surface area contributed by atoms with E-state index < -0.39 is 29.2 Å². The van der Waals surface area contributed by atoms with Gasteiger partial charge in [0.1, 0.15) is 4.21 Å². The minimum Gasteiger partial charge on any atom is -0.210 e. The number of halogens is 4. The molecule has 0 aliphatic carbocycles. The van der Waals surface area contributed by atoms with Crippen LogP contribution in [0.4, 0.5) is 13.2 Å². The van der Waals surface area contributed by atoms with E-state index in [9.17, 15) is 21.6 Å². The third kappa shape index (κ3) is 4.40. The maximum Gasteiger partial charge on any atom is 0.390 e. The maximum atomic E-state index is 11.8. The van der Waals surface area contributed by atoms with Gasteiger partial charge in [0.25, 0.3) is 0 Å². The fourth-order valence-electron chi connectivity index (χ4n) is 0.840. The van der Waals surface area contributed by atoms with Crippen LogP contribution >= 0.6 is 27.3 Å². The molecule has 92 valence electrons. The zero-order chi connectivity index (χ0) is 12.4. The Bertz CT molecular complexity index is 454. The topological polar surface area (TPSA) is 46.2 Å². The highest BCUT2D eigenvalue weighted by Crippen LogP contribution is 2.26. The van der Waals surface area contributed by atoms with Gasteiger partial charge in [-0.3, -0.25) is 0 Å². The Balaban J connectivity index is 2.60. The van der Waals surface area contributed by atoms with Crippen LogP contribution < -0.4 is 4.72 Å². The predicted molar refractivity (Wildman–Crippen MR) is 57.9 cm³/mol. The van der Waals surface area contributed by atoms with Crippen molar-refractivity contribution >= 4 is 37.3 Å². The van der Waals surface area contributed by atoms with Crippen LogP contribution in [0.1, 0.15) is 6.42 Å². The molecule has 0 fully saturated rings. The molecule has 1 N–H and O–H groups in total. The van der Waals surface area contributed by atoms with Gasteiger partial charge >= 0.3 is 6.18 Å². The van der Waals surface area contributed by atoms with Crippen molar-refractivity contribution in [2.45, 2.75) is 16.8 Å². The summed E-state index contributed by atoms with van der Waals surface area (Å²) in [5.41, 5.74) is 0. The third-order valence-corrected chi connectivity index (χ3v) is 5.09. The van der Waals surface area contributed by atoms with Crippen molar-refractivity contribution in [3.63, 3.8) is 0 Å². The number of alkyl halides is 3. The molecule has 0 bridgehead atoms. The quantitative estimate of drug-likeness (QED) is 0.918. The second-order valence-electron chi connectivity index (χ2n) is 2.82. The van der Waals surface area contributed by atoms with Crippen molar-refractivity contribution < 1.29 is 21.6 Å². The fraction of sp³-hybridized carbons (Fsp3) is 0.429. The Labute approximate surface area is 103 Å². The molecule has 1 rings (SSSR count). The summed E-state index contributed by atoms with van der Waals surface area (Å²) in [5.74, 6) is 0. The monoisotopic (exact) mass is 337 g/mol. The molecule has 0 atom stereocenters. The molecule has 3 nitrogen and oxygen atoms in total. The third-order valence-electron chi connectivity index (χ3n) is 1.51. The van der Waals surface area contributed by atoms with Gasteiger partial charge in [0.15, 0.2) is 0 Å². The molecule has 16 heavy (non-hydrogen) atoms. The lowest BCUT2D eigenvalue weighted by Gasteiger charge is -2.07. The van der Waals surface area contributed by atoms with E-state index in [4.69, 9.17) is 0 Å². The summed E-state index contributed by atoms with van der Waals surface area (Å²) < 4.78 is 60.8. The van der Waals surface area contributed by atoms with E-state index in [1.165, 1.54) is 12.1 Å². The minimum absolute atomic E-state index is 0.0125. The van der Waals surface area contributed by atoms with E-state index in [0.29, 0.717) is 3.79 Å². The summed E-state index contributed by atoms with van der Waals surface area (Å²) in [6, 6.07) is 2.84. The van der Waals surface area contributed by atoms with E-state index in [0.717, 1.165) is 11.3 Å². The molecule has 0 aliphatic rings. The molecule has 0 unspecified atom stereocenters. The first-order valence-corrected chi connectivity index (χ1v) is 7.12. The molecule has 1 heterocycles. The average Bonchev–Trinajstić information content (AvgIpc) is 2.49. The van der Waals surface area contributed by atoms with Gasteiger partial charge in [0, 0.05) is 6.54 Å². The van der Waals surface area contributed by atoms with Crippen LogP contribution in [0.25, 0.3) is 0 Å². The maximum absolute atomic E-state index is 11.8. The summed E-state index contributed by atoms with van der Waals surface area (Å²) in [4.78, 5) is 0. The SMILES string of the molecule is O=S(=O)(NCCC(F)(F)F)c1ccc(Br)s1. The molecule has 0 amide bonds. The van der Waals surface area contributed by atoms with Crippen molar-refractivity contribution in [2.24, 2.45) is 0 Å². The highest BCUT2D eigenvalue weighted by molar-refractivity contribution is 9.11. The van der Waals surface area contributed by atoms with Crippen molar-refractivity contribution in [2.75, 3.05) is 6.54 Å². The Morgan fingerprint density at radius 3 is 2.44 bits per heavy atom. The van der Waals surface area contributed by atoms with Crippen LogP contribution in [0.5, 0.6) is 0 Å². The number of thiophene rings is 1. The van der Waals surface area contributed by atoms with E-state index in [1.807, 2.05) is 4.72 Å². The lowest BCUT2D eigenvalue weighted by Crippen LogP contribution is -2.27. The lowest BCUT2D eigenvalue weighted by molar-refractivity contribution is -0.132. The lowest BCUT2D eigenvalue weighted by atomic mass is 10.4. The van der Waals surface area contributed by atoms with Gasteiger partial charge in [0.05, 0.1) is 10.2 Å². The van der Waals surface area contributed by atoms with Gasteiger partial charge in [-0.25, -0.2) is 13.1 Å². The number of nitrogens with one attached hydrogen (secondary N) is 1. The van der Waals surface area contributed by atoms with Gasteiger partial charge in [-0.15, -0.1) is 11.3 Å². The molecule has 0 saturated carbocycles. The summed E-state index contributed by atoms with van der Waals surface area (Å²) in [5, 5.41) is 0. The van der Waals surface area contributed by atoms with Gasteiger partial charge in [-0.05, 0) is 28.1 Å². The molecule has 9 heteroatoms. The Kier molecular flexibility index (Phi) is 4.38. The summed E-state index contributed by atoms with van der Waals surface area (Å²) >= 11 is 4.01. The largest absolute Gasteiger partial charge is 0.390 e. The van der Waals surface area contributed by atoms with Crippen molar-refractivity contribution in [3.05, 3.63) is 15.9 Å². The van der Waals surface area contributed by atoms with Gasteiger partial charge in [-0.2, -0.15) is 13.2 Å². The second-order valence-corrected chi connectivity index (χ2v) is 7.28. The normalized spacial score (nSPS) is 13.0. The second kappa shape index (κ2) is 5.03. The van der Waals surface area contributed by atoms with E-state index in [2.05, 4.69) is 15.9 Å². The molecule has 0 radical (unpaired) electrons. The zero-order valence-electron chi connectivity index (χ0n) is 7.71. The Morgan fingerprint density at radius 1 is 1.38 bits per heavy atom. The zero-order valence-corrected chi connectivity index (χ0v) is 10.9. The molecule has 1 aromatic rings. The molecule has 0 saturated heterocycles. The van der Waals surface area contributed by atoms with Crippen LogP contribution in [0, 0.1) is 0 Å². The Morgan fingerprint density at radius 2 is 2.00 bits per heavy atom. The molecule has 0 spiro atoms. The number of hydrogen-bond acceptors (Lipinski definition) is 3. The highest BCUT2D eigenvalue weighted by Gasteiger charge is 2.27. The van der Waals surface area contributed by atoms with Crippen molar-refractivity contribution in [1.29, 1.82) is 0 Å². The minimum atomic E-state index is -4.36. The van der Waals surface area contributed by atoms with Crippen LogP contribution in [-0.2, 0) is 10.0 Å². The van der Waals surface area contributed by atoms with Crippen LogP contribution in [0.2, 0.25) is 0 Å². The summed E-state index contributed by atoms with van der Waals surface area (Å²) in [6.07, 6.45) is -5.54. The van der Waals surface area contributed by atoms with E-state index >= 15 is 0 Å². The fourth-order valence-corrected chi connectivity index (χ4v) is 3.93. The number of sulfonamides is 1. The van der Waals surface area contributed by atoms with Crippen LogP contribution in [-0.4, -0.2) is 21.1 Å². The van der Waals surface area contributed by atoms with Gasteiger partial charge in [-0.1, -0.05) is 0 Å². The smallest absolute Gasteiger partial charge is 0.210 e. The number of hydrogen-bond donors (Lipinski definition) is 1. The summed E-state index contributed by atoms with van der Waals surface area (Å²) in [7, 11) is -3.82. The highest BCUT2D eigenvalue weighted by atomic mass is 79.9. The van der Waals surface area contributed by atoms with E-state index in [1.54, 1.807) is 0 Å². The first kappa shape index (κ1) is 13.9. The molecular formula is C7H7BrF3NO2S2. The van der Waals surface area contributed by atoms with Crippen LogP contribution in [0.15, 0.2) is 20.1 Å². The van der Waals surface area contributed by atoms with Crippen molar-refractivity contribution in [3.8, 4) is 0 Å².